The highest BCUT2D eigenvalue weighted by molar-refractivity contribution is 5.79. The van der Waals surface area contributed by atoms with Crippen molar-refractivity contribution in [2.24, 2.45) is 4.99 Å². The van der Waals surface area contributed by atoms with Crippen molar-refractivity contribution in [1.29, 1.82) is 0 Å². The quantitative estimate of drug-likeness (QED) is 0.595. The molecule has 2 aliphatic heterocycles. The Morgan fingerprint density at radius 1 is 1.26 bits per heavy atom. The van der Waals surface area contributed by atoms with E-state index in [2.05, 4.69) is 58.6 Å². The van der Waals surface area contributed by atoms with E-state index in [-0.39, 0.29) is 5.41 Å². The van der Waals surface area contributed by atoms with Gasteiger partial charge in [0.25, 0.3) is 0 Å². The molecule has 2 heterocycles. The van der Waals surface area contributed by atoms with E-state index in [4.69, 9.17) is 4.74 Å². The summed E-state index contributed by atoms with van der Waals surface area (Å²) in [4.78, 5) is 7.04. The van der Waals surface area contributed by atoms with Crippen molar-refractivity contribution in [1.82, 2.24) is 15.5 Å². The molecule has 0 aromatic heterocycles. The van der Waals surface area contributed by atoms with Gasteiger partial charge in [0.2, 0.25) is 0 Å². The monoisotopic (exact) mass is 372 g/mol. The third kappa shape index (κ3) is 4.82. The van der Waals surface area contributed by atoms with Crippen LogP contribution in [0.3, 0.4) is 0 Å². The SMILES string of the molecule is CCN1CCCC1CNC(=NC)NCC1(c2ccccc2C)CCOCC1. The third-order valence-electron chi connectivity index (χ3n) is 6.39. The van der Waals surface area contributed by atoms with Gasteiger partial charge in [-0.3, -0.25) is 9.89 Å². The third-order valence-corrected chi connectivity index (χ3v) is 6.39. The molecular weight excluding hydrogens is 336 g/mol. The Hall–Kier alpha value is -1.59. The highest BCUT2D eigenvalue weighted by atomic mass is 16.5. The Labute approximate surface area is 164 Å². The number of guanidine groups is 1. The molecule has 1 atom stereocenters. The molecule has 0 radical (unpaired) electrons. The number of nitrogens with zero attached hydrogens (tertiary/aromatic N) is 2. The van der Waals surface area contributed by atoms with Crippen LogP contribution in [0.1, 0.15) is 43.7 Å². The van der Waals surface area contributed by atoms with E-state index >= 15 is 0 Å². The highest BCUT2D eigenvalue weighted by Gasteiger charge is 2.35. The molecule has 0 bridgehead atoms. The van der Waals surface area contributed by atoms with Gasteiger partial charge in [0.1, 0.15) is 0 Å². The second-order valence-corrected chi connectivity index (χ2v) is 7.94. The number of hydrogen-bond donors (Lipinski definition) is 2. The number of aliphatic imine (C=N–C) groups is 1. The van der Waals surface area contributed by atoms with Gasteiger partial charge in [-0.25, -0.2) is 0 Å². The van der Waals surface area contributed by atoms with Gasteiger partial charge in [-0.05, 0) is 56.8 Å². The van der Waals surface area contributed by atoms with Gasteiger partial charge >= 0.3 is 0 Å². The average Bonchev–Trinajstić information content (AvgIpc) is 3.17. The molecule has 0 saturated carbocycles. The lowest BCUT2D eigenvalue weighted by molar-refractivity contribution is 0.0511. The molecule has 0 aliphatic carbocycles. The van der Waals surface area contributed by atoms with Crippen LogP contribution >= 0.6 is 0 Å². The van der Waals surface area contributed by atoms with Crippen LogP contribution in [0.25, 0.3) is 0 Å². The number of aryl methyl sites for hydroxylation is 1. The van der Waals surface area contributed by atoms with Gasteiger partial charge in [-0.15, -0.1) is 0 Å². The number of benzene rings is 1. The van der Waals surface area contributed by atoms with Crippen LogP contribution in [0.5, 0.6) is 0 Å². The summed E-state index contributed by atoms with van der Waals surface area (Å²) < 4.78 is 5.68. The fourth-order valence-electron chi connectivity index (χ4n) is 4.70. The average molecular weight is 373 g/mol. The van der Waals surface area contributed by atoms with Gasteiger partial charge in [-0.2, -0.15) is 0 Å². The van der Waals surface area contributed by atoms with Crippen molar-refractivity contribution >= 4 is 5.96 Å². The van der Waals surface area contributed by atoms with Crippen LogP contribution < -0.4 is 10.6 Å². The number of ether oxygens (including phenoxy) is 1. The van der Waals surface area contributed by atoms with E-state index in [9.17, 15) is 0 Å². The highest BCUT2D eigenvalue weighted by Crippen LogP contribution is 2.36. The van der Waals surface area contributed by atoms with E-state index < -0.39 is 0 Å². The fourth-order valence-corrected chi connectivity index (χ4v) is 4.70. The number of likely N-dealkylation sites (tertiary alicyclic amines) is 1. The van der Waals surface area contributed by atoms with E-state index in [1.165, 1.54) is 30.5 Å². The van der Waals surface area contributed by atoms with Gasteiger partial charge in [-0.1, -0.05) is 31.2 Å². The lowest BCUT2D eigenvalue weighted by Gasteiger charge is -2.39. The Morgan fingerprint density at radius 2 is 2.04 bits per heavy atom. The van der Waals surface area contributed by atoms with Crippen LogP contribution in [0.2, 0.25) is 0 Å². The van der Waals surface area contributed by atoms with Crippen LogP contribution in [0.15, 0.2) is 29.3 Å². The van der Waals surface area contributed by atoms with Crippen LogP contribution in [0, 0.1) is 6.92 Å². The van der Waals surface area contributed by atoms with Crippen LogP contribution in [-0.4, -0.2) is 63.3 Å². The van der Waals surface area contributed by atoms with Crippen molar-refractivity contribution in [2.75, 3.05) is 46.4 Å². The first-order valence-electron chi connectivity index (χ1n) is 10.5. The summed E-state index contributed by atoms with van der Waals surface area (Å²) in [6.45, 7) is 10.4. The maximum atomic E-state index is 5.68. The van der Waals surface area contributed by atoms with Crippen molar-refractivity contribution in [3.05, 3.63) is 35.4 Å². The molecule has 150 valence electrons. The van der Waals surface area contributed by atoms with Crippen molar-refractivity contribution in [3.63, 3.8) is 0 Å². The van der Waals surface area contributed by atoms with Gasteiger partial charge < -0.3 is 15.4 Å². The molecule has 5 heteroatoms. The van der Waals surface area contributed by atoms with E-state index in [0.717, 1.165) is 51.6 Å². The maximum absolute atomic E-state index is 5.68. The second kappa shape index (κ2) is 9.56. The lowest BCUT2D eigenvalue weighted by Crippen LogP contribution is -2.50. The first-order valence-corrected chi connectivity index (χ1v) is 10.5. The Kier molecular flexibility index (Phi) is 7.13. The molecule has 0 spiro atoms. The summed E-state index contributed by atoms with van der Waals surface area (Å²) in [6.07, 6.45) is 4.69. The summed E-state index contributed by atoms with van der Waals surface area (Å²) >= 11 is 0. The lowest BCUT2D eigenvalue weighted by atomic mass is 9.72. The zero-order chi connectivity index (χ0) is 19.1. The minimum Gasteiger partial charge on any atom is -0.381 e. The first kappa shape index (κ1) is 20.2. The van der Waals surface area contributed by atoms with Gasteiger partial charge in [0.15, 0.2) is 5.96 Å². The summed E-state index contributed by atoms with van der Waals surface area (Å²) in [6, 6.07) is 9.42. The molecule has 3 rings (SSSR count). The summed E-state index contributed by atoms with van der Waals surface area (Å²) in [5.74, 6) is 0.914. The summed E-state index contributed by atoms with van der Waals surface area (Å²) in [5, 5.41) is 7.19. The zero-order valence-corrected chi connectivity index (χ0v) is 17.3. The van der Waals surface area contributed by atoms with E-state index in [0.29, 0.717) is 6.04 Å². The standard InChI is InChI=1S/C22H36N4O/c1-4-26-13-7-9-19(26)16-24-21(23-3)25-17-22(11-14-27-15-12-22)20-10-6-5-8-18(20)2/h5-6,8,10,19H,4,7,9,11-17H2,1-3H3,(H2,23,24,25). The minimum atomic E-state index is 0.115. The Bertz CT molecular complexity index is 624. The van der Waals surface area contributed by atoms with E-state index in [1.54, 1.807) is 0 Å². The second-order valence-electron chi connectivity index (χ2n) is 7.94. The summed E-state index contributed by atoms with van der Waals surface area (Å²) in [5.41, 5.74) is 2.93. The Balaban J connectivity index is 1.63. The molecule has 5 nitrogen and oxygen atoms in total. The molecule has 2 N–H and O–H groups in total. The van der Waals surface area contributed by atoms with E-state index in [1.807, 2.05) is 7.05 Å². The molecule has 27 heavy (non-hydrogen) atoms. The largest absolute Gasteiger partial charge is 0.381 e. The smallest absolute Gasteiger partial charge is 0.191 e. The Morgan fingerprint density at radius 3 is 2.74 bits per heavy atom. The number of nitrogens with one attached hydrogen (secondary N) is 2. The van der Waals surface area contributed by atoms with Gasteiger partial charge in [0.05, 0.1) is 0 Å². The molecule has 1 aromatic carbocycles. The normalized spacial score (nSPS) is 23.4. The molecule has 1 aromatic rings. The minimum absolute atomic E-state index is 0.115. The topological polar surface area (TPSA) is 48.9 Å². The fraction of sp³-hybridized carbons (Fsp3) is 0.682. The van der Waals surface area contributed by atoms with Crippen molar-refractivity contribution in [2.45, 2.75) is 51.0 Å². The molecule has 2 fully saturated rings. The number of hydrogen-bond acceptors (Lipinski definition) is 3. The molecule has 0 amide bonds. The van der Waals surface area contributed by atoms with Crippen molar-refractivity contribution < 1.29 is 4.74 Å². The number of rotatable bonds is 6. The zero-order valence-electron chi connectivity index (χ0n) is 17.3. The summed E-state index contributed by atoms with van der Waals surface area (Å²) in [7, 11) is 1.87. The molecule has 2 saturated heterocycles. The molecule has 2 aliphatic rings. The predicted octanol–water partition coefficient (Wildman–Crippen LogP) is 2.69. The molecule has 1 unspecified atom stereocenters. The number of likely N-dealkylation sites (N-methyl/N-ethyl adjacent to an activating group) is 1. The van der Waals surface area contributed by atoms with Crippen LogP contribution in [-0.2, 0) is 10.2 Å². The maximum Gasteiger partial charge on any atom is 0.191 e. The molecular formula is C22H36N4O. The predicted molar refractivity (Wildman–Crippen MR) is 113 cm³/mol. The first-order chi connectivity index (χ1) is 13.2. The van der Waals surface area contributed by atoms with Crippen molar-refractivity contribution in [3.8, 4) is 0 Å². The van der Waals surface area contributed by atoms with Crippen LogP contribution in [0.4, 0.5) is 0 Å². The van der Waals surface area contributed by atoms with Gasteiger partial charge in [0, 0.05) is 44.8 Å².